The average molecular weight is 329 g/mol. The highest BCUT2D eigenvalue weighted by molar-refractivity contribution is 7.22. The second-order valence-corrected chi connectivity index (χ2v) is 6.63. The maximum atomic E-state index is 12.7. The van der Waals surface area contributed by atoms with E-state index >= 15 is 0 Å². The van der Waals surface area contributed by atoms with Gasteiger partial charge in [0.05, 0.1) is 10.2 Å². The number of fused-ring (bicyclic) bond motifs is 1. The summed E-state index contributed by atoms with van der Waals surface area (Å²) in [5, 5.41) is 7.09. The standard InChI is InChI=1S/C19H11N3OS/c23-18-13-8-4-6-11-5-3-7-12(16(11)13)17(18)21-22-19-20-14-9-1-2-10-15(14)24-19/h1-10H,(H,20,22)/b21-17+. The summed E-state index contributed by atoms with van der Waals surface area (Å²) in [6.07, 6.45) is 0. The number of hydrogen-bond donors (Lipinski definition) is 1. The van der Waals surface area contributed by atoms with Crippen LogP contribution >= 0.6 is 11.3 Å². The number of carbonyl (C=O) groups is 1. The number of hydrogen-bond acceptors (Lipinski definition) is 5. The van der Waals surface area contributed by atoms with E-state index in [1.165, 1.54) is 11.3 Å². The Morgan fingerprint density at radius 3 is 2.54 bits per heavy atom. The van der Waals surface area contributed by atoms with Crippen LogP contribution < -0.4 is 5.43 Å². The number of nitrogens with one attached hydrogen (secondary N) is 1. The summed E-state index contributed by atoms with van der Waals surface area (Å²) in [7, 11) is 0. The molecule has 0 radical (unpaired) electrons. The molecule has 1 heterocycles. The third-order valence-electron chi connectivity index (χ3n) is 4.18. The molecule has 0 amide bonds. The van der Waals surface area contributed by atoms with Gasteiger partial charge in [0.2, 0.25) is 10.9 Å². The number of hydrazone groups is 1. The molecule has 0 aliphatic heterocycles. The molecular formula is C19H11N3OS. The minimum Gasteiger partial charge on any atom is -0.287 e. The lowest BCUT2D eigenvalue weighted by Crippen LogP contribution is -2.11. The van der Waals surface area contributed by atoms with Gasteiger partial charge < -0.3 is 0 Å². The highest BCUT2D eigenvalue weighted by atomic mass is 32.1. The minimum atomic E-state index is -0.0459. The number of para-hydroxylation sites is 1. The van der Waals surface area contributed by atoms with Gasteiger partial charge in [-0.3, -0.25) is 10.2 Å². The van der Waals surface area contributed by atoms with E-state index in [9.17, 15) is 4.79 Å². The number of Topliss-reactive ketones (excluding diaryl/α,β-unsaturated/α-hetero) is 1. The molecule has 4 aromatic rings. The number of thiazole rings is 1. The topological polar surface area (TPSA) is 54.4 Å². The predicted molar refractivity (Wildman–Crippen MR) is 98.1 cm³/mol. The Kier molecular flexibility index (Phi) is 2.78. The Labute approximate surface area is 141 Å². The molecule has 0 atom stereocenters. The molecule has 1 aliphatic carbocycles. The van der Waals surface area contributed by atoms with E-state index in [1.807, 2.05) is 60.7 Å². The summed E-state index contributed by atoms with van der Waals surface area (Å²) in [6, 6.07) is 19.6. The van der Waals surface area contributed by atoms with Crippen LogP contribution in [0.4, 0.5) is 5.13 Å². The molecule has 24 heavy (non-hydrogen) atoms. The normalized spacial score (nSPS) is 14.8. The molecule has 4 nitrogen and oxygen atoms in total. The predicted octanol–water partition coefficient (Wildman–Crippen LogP) is 4.46. The Morgan fingerprint density at radius 2 is 1.71 bits per heavy atom. The van der Waals surface area contributed by atoms with Gasteiger partial charge in [0, 0.05) is 16.5 Å². The summed E-state index contributed by atoms with van der Waals surface area (Å²) in [5.74, 6) is -0.0459. The van der Waals surface area contributed by atoms with Gasteiger partial charge in [0.15, 0.2) is 0 Å². The van der Waals surface area contributed by atoms with Gasteiger partial charge in [-0.15, -0.1) is 0 Å². The molecule has 0 bridgehead atoms. The quantitative estimate of drug-likeness (QED) is 0.552. The first-order valence-corrected chi connectivity index (χ1v) is 8.39. The second-order valence-electron chi connectivity index (χ2n) is 5.60. The monoisotopic (exact) mass is 329 g/mol. The van der Waals surface area contributed by atoms with Gasteiger partial charge in [-0.1, -0.05) is 59.9 Å². The average Bonchev–Trinajstić information content (AvgIpc) is 3.15. The number of aromatic nitrogens is 1. The van der Waals surface area contributed by atoms with E-state index in [2.05, 4.69) is 15.5 Å². The van der Waals surface area contributed by atoms with Crippen molar-refractivity contribution < 1.29 is 4.79 Å². The number of anilines is 1. The molecule has 0 fully saturated rings. The molecule has 0 saturated heterocycles. The molecule has 1 N–H and O–H groups in total. The van der Waals surface area contributed by atoms with Crippen LogP contribution in [0.5, 0.6) is 0 Å². The molecule has 0 unspecified atom stereocenters. The zero-order valence-electron chi connectivity index (χ0n) is 12.5. The Bertz CT molecular complexity index is 1120. The fourth-order valence-corrected chi connectivity index (χ4v) is 3.92. The molecule has 114 valence electrons. The molecule has 0 spiro atoms. The summed E-state index contributed by atoms with van der Waals surface area (Å²) < 4.78 is 1.09. The third kappa shape index (κ3) is 1.88. The van der Waals surface area contributed by atoms with E-state index in [0.717, 1.165) is 26.6 Å². The van der Waals surface area contributed by atoms with Crippen molar-refractivity contribution in [3.63, 3.8) is 0 Å². The number of benzene rings is 3. The molecule has 1 aromatic heterocycles. The third-order valence-corrected chi connectivity index (χ3v) is 5.12. The lowest BCUT2D eigenvalue weighted by molar-refractivity contribution is 0.107. The summed E-state index contributed by atoms with van der Waals surface area (Å²) in [4.78, 5) is 17.2. The highest BCUT2D eigenvalue weighted by Crippen LogP contribution is 2.31. The van der Waals surface area contributed by atoms with Gasteiger partial charge in [0.25, 0.3) is 0 Å². The summed E-state index contributed by atoms with van der Waals surface area (Å²) in [6.45, 7) is 0. The van der Waals surface area contributed by atoms with Crippen LogP contribution in [0.2, 0.25) is 0 Å². The second kappa shape index (κ2) is 4.97. The lowest BCUT2D eigenvalue weighted by Gasteiger charge is -1.99. The van der Waals surface area contributed by atoms with E-state index in [0.29, 0.717) is 16.4 Å². The van der Waals surface area contributed by atoms with E-state index in [4.69, 9.17) is 0 Å². The van der Waals surface area contributed by atoms with Crippen LogP contribution in [0.1, 0.15) is 15.9 Å². The van der Waals surface area contributed by atoms with Crippen LogP contribution in [0, 0.1) is 0 Å². The Balaban J connectivity index is 1.59. The highest BCUT2D eigenvalue weighted by Gasteiger charge is 2.28. The van der Waals surface area contributed by atoms with Crippen molar-refractivity contribution in [1.29, 1.82) is 0 Å². The van der Waals surface area contributed by atoms with Crippen molar-refractivity contribution in [3.05, 3.63) is 71.8 Å². The van der Waals surface area contributed by atoms with Crippen LogP contribution in [0.15, 0.2) is 65.8 Å². The molecule has 5 heteroatoms. The Hall–Kier alpha value is -3.05. The van der Waals surface area contributed by atoms with Gasteiger partial charge in [-0.2, -0.15) is 5.10 Å². The van der Waals surface area contributed by atoms with Crippen molar-refractivity contribution >= 4 is 49.0 Å². The summed E-state index contributed by atoms with van der Waals surface area (Å²) in [5.41, 5.74) is 5.92. The van der Waals surface area contributed by atoms with E-state index < -0.39 is 0 Å². The maximum Gasteiger partial charge on any atom is 0.214 e. The number of carbonyl (C=O) groups excluding carboxylic acids is 1. The zero-order valence-corrected chi connectivity index (χ0v) is 13.3. The number of ketones is 1. The number of nitrogens with zero attached hydrogens (tertiary/aromatic N) is 2. The molecular weight excluding hydrogens is 318 g/mol. The molecule has 3 aromatic carbocycles. The van der Waals surface area contributed by atoms with E-state index in [1.54, 1.807) is 0 Å². The van der Waals surface area contributed by atoms with Crippen molar-refractivity contribution in [2.45, 2.75) is 0 Å². The molecule has 1 aliphatic rings. The van der Waals surface area contributed by atoms with Crippen LogP contribution in [0.25, 0.3) is 21.0 Å². The first kappa shape index (κ1) is 13.4. The summed E-state index contributed by atoms with van der Waals surface area (Å²) >= 11 is 1.52. The molecule has 0 saturated carbocycles. The van der Waals surface area contributed by atoms with Crippen molar-refractivity contribution in [3.8, 4) is 0 Å². The van der Waals surface area contributed by atoms with E-state index in [-0.39, 0.29) is 5.78 Å². The van der Waals surface area contributed by atoms with Gasteiger partial charge in [0.1, 0.15) is 5.71 Å². The SMILES string of the molecule is O=C1/C(=N/Nc2nc3ccccc3s2)c2cccc3cccc1c23. The fraction of sp³-hybridized carbons (Fsp3) is 0. The molecule has 5 rings (SSSR count). The minimum absolute atomic E-state index is 0.0459. The van der Waals surface area contributed by atoms with Crippen molar-refractivity contribution in [2.24, 2.45) is 5.10 Å². The number of rotatable bonds is 2. The van der Waals surface area contributed by atoms with Crippen molar-refractivity contribution in [1.82, 2.24) is 4.98 Å². The first-order chi connectivity index (χ1) is 11.8. The maximum absolute atomic E-state index is 12.7. The fourth-order valence-electron chi connectivity index (χ4n) is 3.11. The lowest BCUT2D eigenvalue weighted by atomic mass is 10.1. The smallest absolute Gasteiger partial charge is 0.214 e. The van der Waals surface area contributed by atoms with Gasteiger partial charge >= 0.3 is 0 Å². The van der Waals surface area contributed by atoms with Crippen LogP contribution in [0.3, 0.4) is 0 Å². The first-order valence-electron chi connectivity index (χ1n) is 7.57. The van der Waals surface area contributed by atoms with Crippen LogP contribution in [-0.4, -0.2) is 16.5 Å². The zero-order chi connectivity index (χ0) is 16.1. The van der Waals surface area contributed by atoms with Crippen LogP contribution in [-0.2, 0) is 0 Å². The van der Waals surface area contributed by atoms with Gasteiger partial charge in [-0.25, -0.2) is 4.98 Å². The largest absolute Gasteiger partial charge is 0.287 e. The van der Waals surface area contributed by atoms with Gasteiger partial charge in [-0.05, 0) is 17.5 Å². The van der Waals surface area contributed by atoms with Crippen molar-refractivity contribution in [2.75, 3.05) is 5.43 Å². The Morgan fingerprint density at radius 1 is 0.917 bits per heavy atom.